The lowest BCUT2D eigenvalue weighted by molar-refractivity contribution is -0.128. The largest absolute Gasteiger partial charge is 0.368 e. The van der Waals surface area contributed by atoms with Gasteiger partial charge < -0.3 is 11.1 Å². The summed E-state index contributed by atoms with van der Waals surface area (Å²) in [6, 6.07) is 8.56. The van der Waals surface area contributed by atoms with E-state index in [-0.39, 0.29) is 18.5 Å². The first-order valence-electron chi connectivity index (χ1n) is 8.84. The number of benzene rings is 1. The molecule has 1 aliphatic rings. The molecule has 2 rings (SSSR count). The van der Waals surface area contributed by atoms with Crippen LogP contribution in [-0.4, -0.2) is 36.0 Å². The monoisotopic (exact) mass is 361 g/mol. The molecule has 142 valence electrons. The van der Waals surface area contributed by atoms with E-state index in [1.807, 2.05) is 19.9 Å². The molecule has 4 amide bonds. The van der Waals surface area contributed by atoms with E-state index in [4.69, 9.17) is 5.73 Å². The standard InChI is InChI=1S/C18H27N5O3/c1-13(2)21-17(26)22-20-12-15(24)23(14-8-4-3-5-9-14)18(16(19)25)10-6-7-11-18/h3-5,8-9,13,20H,6-7,10-12H2,1-2H3,(H2,19,25)(H2,21,22,26). The fourth-order valence-electron chi connectivity index (χ4n) is 3.32. The van der Waals surface area contributed by atoms with Crippen LogP contribution in [0.4, 0.5) is 10.5 Å². The van der Waals surface area contributed by atoms with Gasteiger partial charge in [-0.15, -0.1) is 0 Å². The van der Waals surface area contributed by atoms with Crippen molar-refractivity contribution in [2.45, 2.75) is 51.1 Å². The van der Waals surface area contributed by atoms with Crippen LogP contribution < -0.4 is 26.8 Å². The van der Waals surface area contributed by atoms with Crippen molar-refractivity contribution in [3.05, 3.63) is 30.3 Å². The molecule has 1 saturated carbocycles. The minimum absolute atomic E-state index is 0.0232. The number of primary amides is 1. The molecule has 8 heteroatoms. The van der Waals surface area contributed by atoms with Crippen LogP contribution in [0.2, 0.25) is 0 Å². The fourth-order valence-corrected chi connectivity index (χ4v) is 3.32. The summed E-state index contributed by atoms with van der Waals surface area (Å²) in [6.07, 6.45) is 2.73. The van der Waals surface area contributed by atoms with Crippen LogP contribution in [0, 0.1) is 0 Å². The minimum Gasteiger partial charge on any atom is -0.368 e. The van der Waals surface area contributed by atoms with Crippen molar-refractivity contribution in [1.29, 1.82) is 0 Å². The lowest BCUT2D eigenvalue weighted by atomic mass is 9.93. The second-order valence-electron chi connectivity index (χ2n) is 6.77. The Kier molecular flexibility index (Phi) is 6.57. The number of hydrazine groups is 1. The summed E-state index contributed by atoms with van der Waals surface area (Å²) in [7, 11) is 0. The highest BCUT2D eigenvalue weighted by Crippen LogP contribution is 2.38. The van der Waals surface area contributed by atoms with Gasteiger partial charge in [0.05, 0.1) is 6.54 Å². The minimum atomic E-state index is -1.03. The molecule has 0 aliphatic heterocycles. The Morgan fingerprint density at radius 1 is 1.15 bits per heavy atom. The van der Waals surface area contributed by atoms with Gasteiger partial charge >= 0.3 is 6.03 Å². The van der Waals surface area contributed by atoms with Crippen LogP contribution in [0.3, 0.4) is 0 Å². The summed E-state index contributed by atoms with van der Waals surface area (Å²) in [5, 5.41) is 2.65. The maximum Gasteiger partial charge on any atom is 0.329 e. The first kappa shape index (κ1) is 19.7. The zero-order chi connectivity index (χ0) is 19.2. The molecule has 0 atom stereocenters. The number of para-hydroxylation sites is 1. The van der Waals surface area contributed by atoms with E-state index in [9.17, 15) is 14.4 Å². The zero-order valence-electron chi connectivity index (χ0n) is 15.2. The average Bonchev–Trinajstić information content (AvgIpc) is 3.06. The molecule has 0 bridgehead atoms. The van der Waals surface area contributed by atoms with Crippen molar-refractivity contribution in [3.63, 3.8) is 0 Å². The van der Waals surface area contributed by atoms with Gasteiger partial charge in [0.2, 0.25) is 11.8 Å². The Morgan fingerprint density at radius 3 is 2.31 bits per heavy atom. The van der Waals surface area contributed by atoms with Crippen molar-refractivity contribution in [3.8, 4) is 0 Å². The molecule has 0 aromatic heterocycles. The topological polar surface area (TPSA) is 117 Å². The lowest BCUT2D eigenvalue weighted by Crippen LogP contribution is -2.61. The first-order valence-corrected chi connectivity index (χ1v) is 8.84. The van der Waals surface area contributed by atoms with E-state index in [0.717, 1.165) is 12.8 Å². The average molecular weight is 361 g/mol. The lowest BCUT2D eigenvalue weighted by Gasteiger charge is -2.39. The van der Waals surface area contributed by atoms with Gasteiger partial charge in [0.25, 0.3) is 0 Å². The third-order valence-electron chi connectivity index (χ3n) is 4.44. The molecule has 26 heavy (non-hydrogen) atoms. The number of carbonyl (C=O) groups excluding carboxylic acids is 3. The predicted molar refractivity (Wildman–Crippen MR) is 99.1 cm³/mol. The summed E-state index contributed by atoms with van der Waals surface area (Å²) in [5.74, 6) is -0.834. The highest BCUT2D eigenvalue weighted by atomic mass is 16.2. The number of urea groups is 1. The molecule has 1 fully saturated rings. The number of hydrogen-bond acceptors (Lipinski definition) is 4. The molecule has 0 unspecified atom stereocenters. The highest BCUT2D eigenvalue weighted by Gasteiger charge is 2.47. The fraction of sp³-hybridized carbons (Fsp3) is 0.500. The number of rotatable bonds is 7. The summed E-state index contributed by atoms with van der Waals surface area (Å²) >= 11 is 0. The Hall–Kier alpha value is -2.61. The molecule has 0 saturated heterocycles. The zero-order valence-corrected chi connectivity index (χ0v) is 15.2. The van der Waals surface area contributed by atoms with Gasteiger partial charge in [0, 0.05) is 11.7 Å². The van der Waals surface area contributed by atoms with E-state index < -0.39 is 17.5 Å². The number of nitrogens with zero attached hydrogens (tertiary/aromatic N) is 1. The molecule has 1 aromatic rings. The van der Waals surface area contributed by atoms with Crippen LogP contribution in [-0.2, 0) is 9.59 Å². The quantitative estimate of drug-likeness (QED) is 0.543. The number of nitrogens with two attached hydrogens (primary N) is 1. The number of nitrogens with one attached hydrogen (secondary N) is 3. The normalized spacial score (nSPS) is 15.5. The Balaban J connectivity index is 2.15. The van der Waals surface area contributed by atoms with Crippen molar-refractivity contribution < 1.29 is 14.4 Å². The van der Waals surface area contributed by atoms with Gasteiger partial charge in [-0.25, -0.2) is 10.2 Å². The molecule has 0 spiro atoms. The third-order valence-corrected chi connectivity index (χ3v) is 4.44. The summed E-state index contributed by atoms with van der Waals surface area (Å²) in [6.45, 7) is 3.51. The predicted octanol–water partition coefficient (Wildman–Crippen LogP) is 1.03. The molecule has 5 N–H and O–H groups in total. The van der Waals surface area contributed by atoms with Crippen LogP contribution in [0.1, 0.15) is 39.5 Å². The van der Waals surface area contributed by atoms with Gasteiger partial charge in [-0.3, -0.25) is 19.9 Å². The van der Waals surface area contributed by atoms with Crippen molar-refractivity contribution in [1.82, 2.24) is 16.2 Å². The second kappa shape index (κ2) is 8.66. The van der Waals surface area contributed by atoms with E-state index in [2.05, 4.69) is 16.2 Å². The molecular weight excluding hydrogens is 334 g/mol. The van der Waals surface area contributed by atoms with Gasteiger partial charge in [0.15, 0.2) is 0 Å². The molecule has 1 aromatic carbocycles. The Bertz CT molecular complexity index is 641. The van der Waals surface area contributed by atoms with E-state index >= 15 is 0 Å². The number of carbonyl (C=O) groups is 3. The van der Waals surface area contributed by atoms with Crippen molar-refractivity contribution in [2.24, 2.45) is 5.73 Å². The molecule has 0 heterocycles. The van der Waals surface area contributed by atoms with Gasteiger partial charge in [-0.2, -0.15) is 0 Å². The van der Waals surface area contributed by atoms with Crippen molar-refractivity contribution >= 4 is 23.5 Å². The molecular formula is C18H27N5O3. The SMILES string of the molecule is CC(C)NC(=O)NNCC(=O)N(c1ccccc1)C1(C(N)=O)CCCC1. The van der Waals surface area contributed by atoms with Crippen molar-refractivity contribution in [2.75, 3.05) is 11.4 Å². The molecule has 8 nitrogen and oxygen atoms in total. The maximum absolute atomic E-state index is 12.9. The smallest absolute Gasteiger partial charge is 0.329 e. The summed E-state index contributed by atoms with van der Waals surface area (Å²) < 4.78 is 0. The van der Waals surface area contributed by atoms with Crippen LogP contribution in [0.15, 0.2) is 30.3 Å². The molecule has 1 aliphatic carbocycles. The van der Waals surface area contributed by atoms with Crippen LogP contribution in [0.25, 0.3) is 0 Å². The van der Waals surface area contributed by atoms with E-state index in [0.29, 0.717) is 18.5 Å². The van der Waals surface area contributed by atoms with E-state index in [1.54, 1.807) is 24.3 Å². The second-order valence-corrected chi connectivity index (χ2v) is 6.77. The Morgan fingerprint density at radius 2 is 1.77 bits per heavy atom. The number of anilines is 1. The summed E-state index contributed by atoms with van der Waals surface area (Å²) in [5.41, 5.74) is 10.3. The van der Waals surface area contributed by atoms with Crippen LogP contribution in [0.5, 0.6) is 0 Å². The Labute approximate surface area is 153 Å². The third kappa shape index (κ3) is 4.51. The molecule has 0 radical (unpaired) electrons. The first-order chi connectivity index (χ1) is 12.4. The van der Waals surface area contributed by atoms with E-state index in [1.165, 1.54) is 4.90 Å². The summed E-state index contributed by atoms with van der Waals surface area (Å²) in [4.78, 5) is 38.3. The van der Waals surface area contributed by atoms with Gasteiger partial charge in [-0.05, 0) is 38.8 Å². The number of hydrogen-bond donors (Lipinski definition) is 4. The van der Waals surface area contributed by atoms with Gasteiger partial charge in [-0.1, -0.05) is 31.0 Å². The van der Waals surface area contributed by atoms with Crippen LogP contribution >= 0.6 is 0 Å². The van der Waals surface area contributed by atoms with Gasteiger partial charge in [0.1, 0.15) is 5.54 Å². The highest BCUT2D eigenvalue weighted by molar-refractivity contribution is 6.04. The maximum atomic E-state index is 12.9. The number of amides is 4.